The predicted molar refractivity (Wildman–Crippen MR) is 81.5 cm³/mol. The highest BCUT2D eigenvalue weighted by atomic mass is 35.5. The summed E-state index contributed by atoms with van der Waals surface area (Å²) in [5.74, 6) is -0.698. The van der Waals surface area contributed by atoms with Gasteiger partial charge in [0.05, 0.1) is 21.6 Å². The first-order chi connectivity index (χ1) is 9.56. The minimum atomic E-state index is -0.698. The average Bonchev–Trinajstić information content (AvgIpc) is 2.94. The topological polar surface area (TPSA) is 50.2 Å². The molecule has 0 bridgehead atoms. The third-order valence-electron chi connectivity index (χ3n) is 4.11. The molecule has 5 heteroatoms. The summed E-state index contributed by atoms with van der Waals surface area (Å²) in [6, 6.07) is 5.72. The summed E-state index contributed by atoms with van der Waals surface area (Å²) in [5.41, 5.74) is 0.824. The van der Waals surface area contributed by atoms with Crippen LogP contribution in [0.3, 0.4) is 0 Å². The summed E-state index contributed by atoms with van der Waals surface area (Å²) in [6.45, 7) is 0. The van der Waals surface area contributed by atoms with Gasteiger partial charge in [0, 0.05) is 11.4 Å². The number of fused-ring (bicyclic) bond motifs is 1. The van der Waals surface area contributed by atoms with Crippen LogP contribution in [-0.4, -0.2) is 16.1 Å². The Hall–Kier alpha value is -1.13. The van der Waals surface area contributed by atoms with Gasteiger partial charge in [-0.1, -0.05) is 24.4 Å². The molecule has 1 aromatic heterocycles. The molecule has 1 aliphatic rings. The van der Waals surface area contributed by atoms with E-state index in [0.29, 0.717) is 5.02 Å². The van der Waals surface area contributed by atoms with Crippen molar-refractivity contribution in [3.05, 3.63) is 28.2 Å². The van der Waals surface area contributed by atoms with Crippen LogP contribution < -0.4 is 0 Å². The number of carbonyl (C=O) groups is 1. The molecule has 20 heavy (non-hydrogen) atoms. The monoisotopic (exact) mass is 309 g/mol. The van der Waals surface area contributed by atoms with Gasteiger partial charge in [0.25, 0.3) is 0 Å². The minimum Gasteiger partial charge on any atom is -0.481 e. The van der Waals surface area contributed by atoms with Crippen molar-refractivity contribution in [3.63, 3.8) is 0 Å². The second-order valence-corrected chi connectivity index (χ2v) is 7.23. The van der Waals surface area contributed by atoms with Crippen LogP contribution in [0.25, 0.3) is 10.2 Å². The summed E-state index contributed by atoms with van der Waals surface area (Å²) < 4.78 is 1.12. The Kier molecular flexibility index (Phi) is 3.69. The van der Waals surface area contributed by atoms with Gasteiger partial charge in [-0.2, -0.15) is 0 Å². The van der Waals surface area contributed by atoms with Crippen LogP contribution in [0.2, 0.25) is 5.02 Å². The molecule has 3 nitrogen and oxygen atoms in total. The molecule has 0 spiro atoms. The van der Waals surface area contributed by atoms with E-state index in [1.807, 2.05) is 18.2 Å². The normalized spacial score (nSPS) is 17.6. The molecule has 0 unspecified atom stereocenters. The Balaban J connectivity index is 1.88. The Morgan fingerprint density at radius 3 is 2.85 bits per heavy atom. The first-order valence-electron chi connectivity index (χ1n) is 6.83. The standard InChI is InChI=1S/C15H16ClNO2S/c16-10-3-4-12-11(7-10)17-13(20-12)8-15(9-14(18)19)5-1-2-6-15/h3-4,7H,1-2,5-6,8-9H2,(H,18,19). The maximum absolute atomic E-state index is 11.1. The lowest BCUT2D eigenvalue weighted by Gasteiger charge is -2.25. The van der Waals surface area contributed by atoms with Gasteiger partial charge in [0.2, 0.25) is 0 Å². The molecule has 106 valence electrons. The Morgan fingerprint density at radius 1 is 1.40 bits per heavy atom. The lowest BCUT2D eigenvalue weighted by Crippen LogP contribution is -2.23. The Morgan fingerprint density at radius 2 is 2.15 bits per heavy atom. The lowest BCUT2D eigenvalue weighted by molar-refractivity contribution is -0.139. The van der Waals surface area contributed by atoms with E-state index < -0.39 is 5.97 Å². The van der Waals surface area contributed by atoms with Crippen molar-refractivity contribution >= 4 is 39.1 Å². The molecule has 0 atom stereocenters. The Labute approximate surface area is 126 Å². The van der Waals surface area contributed by atoms with E-state index in [2.05, 4.69) is 4.98 Å². The summed E-state index contributed by atoms with van der Waals surface area (Å²) >= 11 is 7.64. The molecule has 1 aromatic carbocycles. The highest BCUT2D eigenvalue weighted by molar-refractivity contribution is 7.18. The van der Waals surface area contributed by atoms with E-state index in [4.69, 9.17) is 16.7 Å². The first-order valence-corrected chi connectivity index (χ1v) is 8.03. The van der Waals surface area contributed by atoms with Gasteiger partial charge in [-0.15, -0.1) is 11.3 Å². The molecule has 1 fully saturated rings. The number of hydrogen-bond acceptors (Lipinski definition) is 3. The summed E-state index contributed by atoms with van der Waals surface area (Å²) in [6.07, 6.45) is 5.28. The van der Waals surface area contributed by atoms with Gasteiger partial charge < -0.3 is 5.11 Å². The van der Waals surface area contributed by atoms with Crippen molar-refractivity contribution < 1.29 is 9.90 Å². The summed E-state index contributed by atoms with van der Waals surface area (Å²) in [5, 5.41) is 10.9. The van der Waals surface area contributed by atoms with Crippen molar-refractivity contribution in [2.24, 2.45) is 5.41 Å². The molecule has 0 aliphatic heterocycles. The number of carboxylic acid groups (broad SMARTS) is 1. The van der Waals surface area contributed by atoms with Crippen molar-refractivity contribution in [3.8, 4) is 0 Å². The van der Waals surface area contributed by atoms with Gasteiger partial charge in [-0.3, -0.25) is 4.79 Å². The first kappa shape index (κ1) is 13.8. The van der Waals surface area contributed by atoms with Crippen LogP contribution in [0.1, 0.15) is 37.1 Å². The highest BCUT2D eigenvalue weighted by Crippen LogP contribution is 2.44. The van der Waals surface area contributed by atoms with Gasteiger partial charge >= 0.3 is 5.97 Å². The molecule has 1 N–H and O–H groups in total. The van der Waals surface area contributed by atoms with Crippen LogP contribution in [0.15, 0.2) is 18.2 Å². The van der Waals surface area contributed by atoms with Crippen LogP contribution >= 0.6 is 22.9 Å². The molecule has 0 radical (unpaired) electrons. The number of carboxylic acids is 1. The van der Waals surface area contributed by atoms with Crippen LogP contribution in [0.4, 0.5) is 0 Å². The summed E-state index contributed by atoms with van der Waals surface area (Å²) in [7, 11) is 0. The number of hydrogen-bond donors (Lipinski definition) is 1. The highest BCUT2D eigenvalue weighted by Gasteiger charge is 2.37. The average molecular weight is 310 g/mol. The second kappa shape index (κ2) is 5.34. The Bertz CT molecular complexity index is 646. The van der Waals surface area contributed by atoms with Crippen molar-refractivity contribution in [2.45, 2.75) is 38.5 Å². The van der Waals surface area contributed by atoms with Crippen LogP contribution in [-0.2, 0) is 11.2 Å². The zero-order chi connectivity index (χ0) is 14.2. The number of rotatable bonds is 4. The van der Waals surface area contributed by atoms with E-state index in [1.165, 1.54) is 0 Å². The number of benzene rings is 1. The second-order valence-electron chi connectivity index (χ2n) is 5.67. The molecular formula is C15H16ClNO2S. The molecule has 1 aliphatic carbocycles. The molecule has 3 rings (SSSR count). The van der Waals surface area contributed by atoms with E-state index in [9.17, 15) is 4.79 Å². The predicted octanol–water partition coefficient (Wildman–Crippen LogP) is 4.53. The van der Waals surface area contributed by atoms with Gasteiger partial charge in [0.1, 0.15) is 0 Å². The van der Waals surface area contributed by atoms with Gasteiger partial charge in [0.15, 0.2) is 0 Å². The smallest absolute Gasteiger partial charge is 0.303 e. The maximum atomic E-state index is 11.1. The molecule has 2 aromatic rings. The number of aromatic nitrogens is 1. The van der Waals surface area contributed by atoms with E-state index in [1.54, 1.807) is 11.3 Å². The zero-order valence-corrected chi connectivity index (χ0v) is 12.6. The fourth-order valence-electron chi connectivity index (χ4n) is 3.21. The third kappa shape index (κ3) is 2.81. The largest absolute Gasteiger partial charge is 0.481 e. The SMILES string of the molecule is O=C(O)CC1(Cc2nc3cc(Cl)ccc3s2)CCCC1. The number of nitrogens with zero attached hydrogens (tertiary/aromatic N) is 1. The van der Waals surface area contributed by atoms with E-state index >= 15 is 0 Å². The van der Waals surface area contributed by atoms with Crippen LogP contribution in [0.5, 0.6) is 0 Å². The molecular weight excluding hydrogens is 294 g/mol. The minimum absolute atomic E-state index is 0.0937. The number of thiazole rings is 1. The van der Waals surface area contributed by atoms with Crippen molar-refractivity contribution in [2.75, 3.05) is 0 Å². The fraction of sp³-hybridized carbons (Fsp3) is 0.467. The molecule has 0 saturated heterocycles. The summed E-state index contributed by atoms with van der Waals surface area (Å²) in [4.78, 5) is 15.8. The fourth-order valence-corrected chi connectivity index (χ4v) is 4.49. The quantitative estimate of drug-likeness (QED) is 0.903. The van der Waals surface area contributed by atoms with Crippen LogP contribution in [0, 0.1) is 5.41 Å². The number of aliphatic carboxylic acids is 1. The number of halogens is 1. The molecule has 1 heterocycles. The van der Waals surface area contributed by atoms with E-state index in [-0.39, 0.29) is 11.8 Å². The van der Waals surface area contributed by atoms with Crippen molar-refractivity contribution in [1.82, 2.24) is 4.98 Å². The van der Waals surface area contributed by atoms with E-state index in [0.717, 1.165) is 47.3 Å². The maximum Gasteiger partial charge on any atom is 0.303 e. The third-order valence-corrected chi connectivity index (χ3v) is 5.38. The molecule has 1 saturated carbocycles. The molecule has 0 amide bonds. The van der Waals surface area contributed by atoms with Gasteiger partial charge in [-0.25, -0.2) is 4.98 Å². The van der Waals surface area contributed by atoms with Gasteiger partial charge in [-0.05, 0) is 36.5 Å². The lowest BCUT2D eigenvalue weighted by atomic mass is 9.80. The zero-order valence-electron chi connectivity index (χ0n) is 11.1. The van der Waals surface area contributed by atoms with Crippen molar-refractivity contribution in [1.29, 1.82) is 0 Å².